The second-order valence-electron chi connectivity index (χ2n) is 8.07. The van der Waals surface area contributed by atoms with Crippen LogP contribution < -0.4 is 4.72 Å². The summed E-state index contributed by atoms with van der Waals surface area (Å²) in [6.45, 7) is 0. The van der Waals surface area contributed by atoms with Crippen molar-refractivity contribution in [2.45, 2.75) is 74.9 Å². The molecule has 4 aliphatic carbocycles. The fraction of sp³-hybridized carbons (Fsp3) is 0.938. The highest BCUT2D eigenvalue weighted by Gasteiger charge is 2.69. The third-order valence-corrected chi connectivity index (χ3v) is 8.86. The molecule has 0 aromatic carbocycles. The van der Waals surface area contributed by atoms with Gasteiger partial charge in [0, 0.05) is 0 Å². The molecule has 2 bridgehead atoms. The van der Waals surface area contributed by atoms with Crippen molar-refractivity contribution in [2.24, 2.45) is 22.2 Å². The first-order valence-electron chi connectivity index (χ1n) is 8.95. The number of fused-ring (bicyclic) bond motifs is 1. The van der Waals surface area contributed by atoms with E-state index in [1.54, 1.807) is 0 Å². The number of nitrogens with zero attached hydrogens (tertiary/aromatic N) is 1. The third kappa shape index (κ3) is 1.95. The monoisotopic (exact) mass is 340 g/mol. The topological polar surface area (TPSA) is 88.0 Å². The fourth-order valence-electron chi connectivity index (χ4n) is 5.87. The fourth-order valence-corrected chi connectivity index (χ4v) is 7.43. The standard InChI is InChI=1S/C16H24N2O4S/c19-14-10-6-5-9(16(10)7-8-16)13(14)17-15-18-23(20,21)12-4-2-1-3-11(12)22-15/h9-14,19H,1-8H2,(H,17,18). The average Bonchev–Trinajstić information content (AvgIpc) is 3.16. The van der Waals surface area contributed by atoms with E-state index in [9.17, 15) is 13.5 Å². The smallest absolute Gasteiger partial charge is 0.299 e. The van der Waals surface area contributed by atoms with Gasteiger partial charge in [0.2, 0.25) is 10.0 Å². The second-order valence-corrected chi connectivity index (χ2v) is 9.96. The molecule has 1 heterocycles. The van der Waals surface area contributed by atoms with Gasteiger partial charge in [-0.05, 0) is 62.2 Å². The van der Waals surface area contributed by atoms with Crippen LogP contribution in [0.4, 0.5) is 0 Å². The Bertz CT molecular complexity index is 657. The molecule has 0 aromatic rings. The van der Waals surface area contributed by atoms with Gasteiger partial charge in [-0.2, -0.15) is 0 Å². The number of sulfonamides is 1. The van der Waals surface area contributed by atoms with Crippen molar-refractivity contribution in [3.8, 4) is 0 Å². The molecule has 0 amide bonds. The van der Waals surface area contributed by atoms with E-state index >= 15 is 0 Å². The van der Waals surface area contributed by atoms with E-state index in [2.05, 4.69) is 9.71 Å². The van der Waals surface area contributed by atoms with E-state index in [-0.39, 0.29) is 18.2 Å². The predicted molar refractivity (Wildman–Crippen MR) is 84.3 cm³/mol. The molecule has 2 N–H and O–H groups in total. The molecule has 1 spiro atoms. The molecule has 23 heavy (non-hydrogen) atoms. The number of hydrogen-bond donors (Lipinski definition) is 2. The Kier molecular flexibility index (Phi) is 2.92. The molecule has 1 saturated heterocycles. The highest BCUT2D eigenvalue weighted by molar-refractivity contribution is 7.90. The number of nitrogens with one attached hydrogen (secondary N) is 1. The minimum Gasteiger partial charge on any atom is -0.460 e. The Hall–Kier alpha value is -0.820. The molecule has 6 unspecified atom stereocenters. The van der Waals surface area contributed by atoms with Crippen LogP contribution in [0.3, 0.4) is 0 Å². The molecule has 6 nitrogen and oxygen atoms in total. The van der Waals surface area contributed by atoms with E-state index in [0.29, 0.717) is 23.7 Å². The molecule has 0 radical (unpaired) electrons. The Labute approximate surface area is 136 Å². The minimum atomic E-state index is -3.41. The summed E-state index contributed by atoms with van der Waals surface area (Å²) in [6, 6.07) is -0.0744. The van der Waals surface area contributed by atoms with Gasteiger partial charge >= 0.3 is 0 Å². The number of aliphatic imine (C=N–C) groups is 1. The lowest BCUT2D eigenvalue weighted by molar-refractivity contribution is 0.0851. The van der Waals surface area contributed by atoms with Gasteiger partial charge in [-0.25, -0.2) is 18.1 Å². The molecule has 5 rings (SSSR count). The van der Waals surface area contributed by atoms with Crippen LogP contribution in [0.1, 0.15) is 51.4 Å². The lowest BCUT2D eigenvalue weighted by atomic mass is 9.93. The lowest BCUT2D eigenvalue weighted by Gasteiger charge is -2.36. The molecule has 1 aliphatic heterocycles. The summed E-state index contributed by atoms with van der Waals surface area (Å²) < 4.78 is 33.3. The lowest BCUT2D eigenvalue weighted by Crippen LogP contribution is -2.54. The maximum Gasteiger partial charge on any atom is 0.299 e. The molecule has 5 fully saturated rings. The van der Waals surface area contributed by atoms with Gasteiger partial charge in [0.15, 0.2) is 0 Å². The van der Waals surface area contributed by atoms with E-state index in [0.717, 1.165) is 32.1 Å². The first kappa shape index (κ1) is 14.5. The highest BCUT2D eigenvalue weighted by Crippen LogP contribution is 2.71. The van der Waals surface area contributed by atoms with Crippen LogP contribution in [0.2, 0.25) is 0 Å². The van der Waals surface area contributed by atoms with Gasteiger partial charge in [-0.15, -0.1) is 0 Å². The molecule has 0 aromatic heterocycles. The first-order chi connectivity index (χ1) is 11.0. The molecule has 5 aliphatic rings. The van der Waals surface area contributed by atoms with Crippen molar-refractivity contribution in [2.75, 3.05) is 0 Å². The van der Waals surface area contributed by atoms with Crippen molar-refractivity contribution in [3.63, 3.8) is 0 Å². The average molecular weight is 340 g/mol. The van der Waals surface area contributed by atoms with Crippen molar-refractivity contribution in [1.82, 2.24) is 4.72 Å². The van der Waals surface area contributed by atoms with Gasteiger partial charge in [-0.1, -0.05) is 6.42 Å². The van der Waals surface area contributed by atoms with Gasteiger partial charge in [-0.3, -0.25) is 0 Å². The number of hydrogen-bond acceptors (Lipinski definition) is 5. The summed E-state index contributed by atoms with van der Waals surface area (Å²) in [4.78, 5) is 4.58. The van der Waals surface area contributed by atoms with Crippen molar-refractivity contribution in [3.05, 3.63) is 0 Å². The molecule has 128 valence electrons. The Balaban J connectivity index is 1.43. The number of aliphatic hydroxyl groups excluding tert-OH is 1. The first-order valence-corrected chi connectivity index (χ1v) is 10.5. The van der Waals surface area contributed by atoms with Gasteiger partial charge in [0.1, 0.15) is 11.4 Å². The third-order valence-electron chi connectivity index (χ3n) is 7.07. The van der Waals surface area contributed by atoms with Crippen LogP contribution in [0, 0.1) is 17.3 Å². The Morgan fingerprint density at radius 2 is 1.87 bits per heavy atom. The van der Waals surface area contributed by atoms with Crippen molar-refractivity contribution >= 4 is 16.0 Å². The van der Waals surface area contributed by atoms with Gasteiger partial charge in [0.05, 0.1) is 12.1 Å². The summed E-state index contributed by atoms with van der Waals surface area (Å²) in [7, 11) is -3.41. The van der Waals surface area contributed by atoms with Crippen molar-refractivity contribution in [1.29, 1.82) is 0 Å². The summed E-state index contributed by atoms with van der Waals surface area (Å²) in [5, 5.41) is 10.2. The summed E-state index contributed by atoms with van der Waals surface area (Å²) in [5.41, 5.74) is 0.301. The number of rotatable bonds is 1. The van der Waals surface area contributed by atoms with Crippen LogP contribution >= 0.6 is 0 Å². The molecule has 7 heteroatoms. The zero-order valence-electron chi connectivity index (χ0n) is 13.1. The zero-order valence-corrected chi connectivity index (χ0v) is 14.0. The van der Waals surface area contributed by atoms with Gasteiger partial charge in [0.25, 0.3) is 6.02 Å². The predicted octanol–water partition coefficient (Wildman–Crippen LogP) is 1.15. The molecule has 4 saturated carbocycles. The maximum atomic E-state index is 12.4. The van der Waals surface area contributed by atoms with E-state index < -0.39 is 21.4 Å². The van der Waals surface area contributed by atoms with Crippen LogP contribution in [-0.4, -0.2) is 43.0 Å². The van der Waals surface area contributed by atoms with Crippen molar-refractivity contribution < 1.29 is 18.3 Å². The molecular formula is C16H24N2O4S. The number of amidine groups is 1. The van der Waals surface area contributed by atoms with E-state index in [1.807, 2.05) is 0 Å². The summed E-state index contributed by atoms with van der Waals surface area (Å²) in [6.07, 6.45) is 7.22. The zero-order chi connectivity index (χ0) is 15.8. The molecular weight excluding hydrogens is 316 g/mol. The largest absolute Gasteiger partial charge is 0.460 e. The van der Waals surface area contributed by atoms with E-state index in [4.69, 9.17) is 4.74 Å². The van der Waals surface area contributed by atoms with Gasteiger partial charge < -0.3 is 9.84 Å². The van der Waals surface area contributed by atoms with Crippen LogP contribution in [0.15, 0.2) is 4.99 Å². The normalized spacial score (nSPS) is 50.4. The van der Waals surface area contributed by atoms with Crippen LogP contribution in [-0.2, 0) is 14.8 Å². The number of ether oxygens (including phenoxy) is 1. The SMILES string of the molecule is O=S1(=O)NC(=NC2C(O)C3CCC2C32CC2)OC2CCCCC21. The quantitative estimate of drug-likeness (QED) is 0.749. The van der Waals surface area contributed by atoms with E-state index in [1.165, 1.54) is 12.8 Å². The van der Waals surface area contributed by atoms with Crippen LogP contribution in [0.5, 0.6) is 0 Å². The molecule has 6 atom stereocenters. The second kappa shape index (κ2) is 4.63. The highest BCUT2D eigenvalue weighted by atomic mass is 32.2. The summed E-state index contributed by atoms with van der Waals surface area (Å²) in [5.74, 6) is 0.747. The Morgan fingerprint density at radius 3 is 2.61 bits per heavy atom. The maximum absolute atomic E-state index is 12.4. The number of aliphatic hydroxyl groups is 1. The Morgan fingerprint density at radius 1 is 1.13 bits per heavy atom. The minimum absolute atomic E-state index is 0.126. The van der Waals surface area contributed by atoms with Crippen LogP contribution in [0.25, 0.3) is 0 Å². The summed E-state index contributed by atoms with van der Waals surface area (Å²) >= 11 is 0.